The van der Waals surface area contributed by atoms with Gasteiger partial charge in [-0.05, 0) is 12.8 Å². The van der Waals surface area contributed by atoms with Crippen LogP contribution in [0.4, 0.5) is 0 Å². The third-order valence-corrected chi connectivity index (χ3v) is 4.45. The summed E-state index contributed by atoms with van der Waals surface area (Å²) in [5.74, 6) is -0.220. The van der Waals surface area contributed by atoms with Crippen LogP contribution in [-0.4, -0.2) is 12.6 Å². The summed E-state index contributed by atoms with van der Waals surface area (Å²) in [6.45, 7) is 8.44. The summed E-state index contributed by atoms with van der Waals surface area (Å²) in [5, 5.41) is 0. The molecule has 0 aromatic carbocycles. The van der Waals surface area contributed by atoms with Crippen molar-refractivity contribution < 1.29 is 9.53 Å². The predicted octanol–water partition coefficient (Wildman–Crippen LogP) is 6.98. The van der Waals surface area contributed by atoms with E-state index in [-0.39, 0.29) is 5.97 Å². The Hall–Kier alpha value is -0.790. The van der Waals surface area contributed by atoms with Gasteiger partial charge in [-0.1, -0.05) is 104 Å². The highest BCUT2D eigenvalue weighted by molar-refractivity contribution is 5.87. The van der Waals surface area contributed by atoms with Gasteiger partial charge in [0.1, 0.15) is 0 Å². The molecule has 0 aromatic rings. The number of rotatable bonds is 17. The molecule has 0 spiro atoms. The Morgan fingerprint density at radius 3 is 1.48 bits per heavy atom. The summed E-state index contributed by atoms with van der Waals surface area (Å²) in [5.41, 5.74) is 0.579. The third kappa shape index (κ3) is 15.9. The van der Waals surface area contributed by atoms with E-state index in [9.17, 15) is 4.79 Å². The van der Waals surface area contributed by atoms with Crippen LogP contribution in [0.1, 0.15) is 110 Å². The molecule has 0 heterocycles. The van der Waals surface area contributed by atoms with Crippen LogP contribution < -0.4 is 0 Å². The number of hydrogen-bond donors (Lipinski definition) is 0. The average molecular weight is 325 g/mol. The smallest absolute Gasteiger partial charge is 0.333 e. The van der Waals surface area contributed by atoms with Crippen molar-refractivity contribution in [1.82, 2.24) is 0 Å². The Morgan fingerprint density at radius 1 is 0.696 bits per heavy atom. The van der Waals surface area contributed by atoms with E-state index in [1.807, 2.05) is 6.92 Å². The standard InChI is InChI=1S/C21H40O2/c1-4-6-7-8-9-10-11-12-13-14-15-16-17-18-19-23-21(22)20(3)5-2/h3-19H2,1-2H3. The first-order chi connectivity index (χ1) is 11.2. The maximum atomic E-state index is 11.4. The molecule has 0 saturated heterocycles. The topological polar surface area (TPSA) is 26.3 Å². The molecule has 0 aliphatic rings. The van der Waals surface area contributed by atoms with Crippen molar-refractivity contribution in [3.8, 4) is 0 Å². The Kier molecular flexibility index (Phi) is 17.0. The zero-order chi connectivity index (χ0) is 17.2. The SMILES string of the molecule is C=C(CC)C(=O)OCCCCCCCCCCCCCCCC. The largest absolute Gasteiger partial charge is 0.462 e. The summed E-state index contributed by atoms with van der Waals surface area (Å²) in [6, 6.07) is 0. The highest BCUT2D eigenvalue weighted by Crippen LogP contribution is 2.13. The van der Waals surface area contributed by atoms with Crippen LogP contribution in [0, 0.1) is 0 Å². The molecule has 0 unspecified atom stereocenters. The lowest BCUT2D eigenvalue weighted by molar-refractivity contribution is -0.139. The lowest BCUT2D eigenvalue weighted by Crippen LogP contribution is -2.07. The van der Waals surface area contributed by atoms with Gasteiger partial charge in [-0.2, -0.15) is 0 Å². The molecule has 0 aliphatic heterocycles. The second-order valence-electron chi connectivity index (χ2n) is 6.69. The van der Waals surface area contributed by atoms with E-state index < -0.39 is 0 Å². The van der Waals surface area contributed by atoms with Gasteiger partial charge in [0.15, 0.2) is 0 Å². The van der Waals surface area contributed by atoms with Gasteiger partial charge in [0.05, 0.1) is 6.61 Å². The lowest BCUT2D eigenvalue weighted by atomic mass is 10.0. The molecule has 0 amide bonds. The molecule has 0 bridgehead atoms. The number of hydrogen-bond acceptors (Lipinski definition) is 2. The average Bonchev–Trinajstić information content (AvgIpc) is 2.57. The molecule has 136 valence electrons. The zero-order valence-corrected chi connectivity index (χ0v) is 15.8. The molecular formula is C21H40O2. The van der Waals surface area contributed by atoms with Crippen LogP contribution >= 0.6 is 0 Å². The minimum atomic E-state index is -0.220. The van der Waals surface area contributed by atoms with E-state index in [1.165, 1.54) is 83.5 Å². The van der Waals surface area contributed by atoms with Crippen molar-refractivity contribution in [2.75, 3.05) is 6.61 Å². The number of carbonyl (C=O) groups excluding carboxylic acids is 1. The maximum absolute atomic E-state index is 11.4. The quantitative estimate of drug-likeness (QED) is 0.164. The van der Waals surface area contributed by atoms with Crippen molar-refractivity contribution in [2.45, 2.75) is 110 Å². The third-order valence-electron chi connectivity index (χ3n) is 4.45. The van der Waals surface area contributed by atoms with Crippen molar-refractivity contribution >= 4 is 5.97 Å². The second kappa shape index (κ2) is 17.6. The molecule has 0 aliphatic carbocycles. The molecule has 0 radical (unpaired) electrons. The van der Waals surface area contributed by atoms with Gasteiger partial charge in [0.2, 0.25) is 0 Å². The number of carbonyl (C=O) groups is 1. The molecule has 0 N–H and O–H groups in total. The fourth-order valence-corrected chi connectivity index (χ4v) is 2.71. The van der Waals surface area contributed by atoms with Crippen LogP contribution in [0.2, 0.25) is 0 Å². The Morgan fingerprint density at radius 2 is 1.09 bits per heavy atom. The number of esters is 1. The van der Waals surface area contributed by atoms with Crippen LogP contribution in [0.15, 0.2) is 12.2 Å². The van der Waals surface area contributed by atoms with E-state index in [0.717, 1.165) is 6.42 Å². The summed E-state index contributed by atoms with van der Waals surface area (Å²) in [6.07, 6.45) is 19.5. The minimum Gasteiger partial charge on any atom is -0.462 e. The van der Waals surface area contributed by atoms with E-state index >= 15 is 0 Å². The predicted molar refractivity (Wildman–Crippen MR) is 101 cm³/mol. The summed E-state index contributed by atoms with van der Waals surface area (Å²) < 4.78 is 5.16. The van der Waals surface area contributed by atoms with Crippen molar-refractivity contribution in [3.05, 3.63) is 12.2 Å². The normalized spacial score (nSPS) is 10.7. The molecule has 0 rings (SSSR count). The van der Waals surface area contributed by atoms with Crippen molar-refractivity contribution in [3.63, 3.8) is 0 Å². The first-order valence-electron chi connectivity index (χ1n) is 10.1. The van der Waals surface area contributed by atoms with Gasteiger partial charge < -0.3 is 4.74 Å². The van der Waals surface area contributed by atoms with Crippen molar-refractivity contribution in [2.24, 2.45) is 0 Å². The van der Waals surface area contributed by atoms with E-state index in [1.54, 1.807) is 0 Å². The van der Waals surface area contributed by atoms with Gasteiger partial charge in [0.25, 0.3) is 0 Å². The second-order valence-corrected chi connectivity index (χ2v) is 6.69. The summed E-state index contributed by atoms with van der Waals surface area (Å²) in [7, 11) is 0. The Bertz CT molecular complexity index is 284. The molecule has 23 heavy (non-hydrogen) atoms. The van der Waals surface area contributed by atoms with Crippen LogP contribution in [-0.2, 0) is 9.53 Å². The fraction of sp³-hybridized carbons (Fsp3) is 0.857. The van der Waals surface area contributed by atoms with Gasteiger partial charge in [0, 0.05) is 5.57 Å². The van der Waals surface area contributed by atoms with Gasteiger partial charge in [-0.25, -0.2) is 4.79 Å². The first-order valence-corrected chi connectivity index (χ1v) is 10.1. The minimum absolute atomic E-state index is 0.220. The molecular weight excluding hydrogens is 284 g/mol. The van der Waals surface area contributed by atoms with E-state index in [4.69, 9.17) is 4.74 Å². The van der Waals surface area contributed by atoms with Crippen LogP contribution in [0.3, 0.4) is 0 Å². The lowest BCUT2D eigenvalue weighted by Gasteiger charge is -2.05. The van der Waals surface area contributed by atoms with Crippen molar-refractivity contribution in [1.29, 1.82) is 0 Å². The number of ether oxygens (including phenoxy) is 1. The van der Waals surface area contributed by atoms with Crippen LogP contribution in [0.5, 0.6) is 0 Å². The molecule has 0 saturated carbocycles. The van der Waals surface area contributed by atoms with Crippen LogP contribution in [0.25, 0.3) is 0 Å². The monoisotopic (exact) mass is 324 g/mol. The molecule has 2 nitrogen and oxygen atoms in total. The van der Waals surface area contributed by atoms with E-state index in [2.05, 4.69) is 13.5 Å². The van der Waals surface area contributed by atoms with E-state index in [0.29, 0.717) is 18.6 Å². The maximum Gasteiger partial charge on any atom is 0.333 e. The summed E-state index contributed by atoms with van der Waals surface area (Å²) in [4.78, 5) is 11.4. The molecule has 0 fully saturated rings. The Balaban J connectivity index is 3.11. The first kappa shape index (κ1) is 22.2. The van der Waals surface area contributed by atoms with Gasteiger partial charge >= 0.3 is 5.97 Å². The van der Waals surface area contributed by atoms with Gasteiger partial charge in [-0.15, -0.1) is 0 Å². The molecule has 2 heteroatoms. The zero-order valence-electron chi connectivity index (χ0n) is 15.8. The highest BCUT2D eigenvalue weighted by Gasteiger charge is 2.04. The fourth-order valence-electron chi connectivity index (χ4n) is 2.71. The summed E-state index contributed by atoms with van der Waals surface area (Å²) >= 11 is 0. The number of unbranched alkanes of at least 4 members (excludes halogenated alkanes) is 13. The van der Waals surface area contributed by atoms with Gasteiger partial charge in [-0.3, -0.25) is 0 Å². The highest BCUT2D eigenvalue weighted by atomic mass is 16.5. The molecule has 0 aromatic heterocycles. The Labute approximate surface area is 145 Å². The molecule has 0 atom stereocenters.